The molecule has 11 heteroatoms. The van der Waals surface area contributed by atoms with E-state index in [0.29, 0.717) is 12.2 Å². The third-order valence-electron chi connectivity index (χ3n) is 5.60. The third kappa shape index (κ3) is 5.37. The second-order valence-electron chi connectivity index (χ2n) is 8.19. The van der Waals surface area contributed by atoms with Crippen LogP contribution in [0.15, 0.2) is 30.5 Å². The van der Waals surface area contributed by atoms with Crippen molar-refractivity contribution in [2.24, 2.45) is 0 Å². The second-order valence-corrected chi connectivity index (χ2v) is 8.19. The lowest BCUT2D eigenvalue weighted by atomic mass is 10.1. The number of alkyl halides is 5. The number of halogens is 5. The van der Waals surface area contributed by atoms with Gasteiger partial charge in [-0.2, -0.15) is 18.2 Å². The number of β-amino-alcohol motifs (C(OH)–C–C–N with tert-alkyl or cyclic N) is 1. The van der Waals surface area contributed by atoms with E-state index in [-0.39, 0.29) is 36.5 Å². The Bertz CT molecular complexity index is 916. The summed E-state index contributed by atoms with van der Waals surface area (Å²) >= 11 is 0. The Kier molecular flexibility index (Phi) is 6.36. The van der Waals surface area contributed by atoms with E-state index in [9.17, 15) is 27.1 Å². The van der Waals surface area contributed by atoms with Gasteiger partial charge < -0.3 is 20.2 Å². The van der Waals surface area contributed by atoms with Gasteiger partial charge in [-0.25, -0.2) is 13.8 Å². The van der Waals surface area contributed by atoms with Crippen LogP contribution < -0.4 is 15.1 Å². The van der Waals surface area contributed by atoms with E-state index in [4.69, 9.17) is 0 Å². The fourth-order valence-corrected chi connectivity index (χ4v) is 4.04. The van der Waals surface area contributed by atoms with Gasteiger partial charge in [0.15, 0.2) is 12.3 Å². The summed E-state index contributed by atoms with van der Waals surface area (Å²) in [6.07, 6.45) is -6.98. The van der Waals surface area contributed by atoms with Crippen molar-refractivity contribution in [3.05, 3.63) is 36.0 Å². The minimum Gasteiger partial charge on any atom is -0.391 e. The summed E-state index contributed by atoms with van der Waals surface area (Å²) in [5.74, 6) is -0.0914. The van der Waals surface area contributed by atoms with Gasteiger partial charge in [-0.05, 0) is 37.1 Å². The molecule has 0 spiro atoms. The number of aliphatic hydroxyl groups is 1. The number of hydrogen-bond acceptors (Lipinski definition) is 6. The maximum atomic E-state index is 13.7. The fraction of sp³-hybridized carbons (Fsp3) is 0.524. The van der Waals surface area contributed by atoms with Crippen LogP contribution in [0, 0.1) is 0 Å². The lowest BCUT2D eigenvalue weighted by Gasteiger charge is -2.32. The molecule has 0 bridgehead atoms. The minimum atomic E-state index is -4.51. The van der Waals surface area contributed by atoms with Crippen molar-refractivity contribution in [2.45, 2.75) is 43.9 Å². The predicted octanol–water partition coefficient (Wildman–Crippen LogP) is 3.78. The van der Waals surface area contributed by atoms with E-state index in [1.54, 1.807) is 12.1 Å². The summed E-state index contributed by atoms with van der Waals surface area (Å²) < 4.78 is 66.2. The van der Waals surface area contributed by atoms with Gasteiger partial charge in [-0.15, -0.1) is 0 Å². The first-order valence-corrected chi connectivity index (χ1v) is 10.4. The van der Waals surface area contributed by atoms with Crippen LogP contribution in [-0.4, -0.2) is 65.9 Å². The number of aromatic nitrogens is 2. The number of nitrogens with zero attached hydrogens (tertiary/aromatic N) is 4. The molecule has 2 aromatic rings. The van der Waals surface area contributed by atoms with Crippen molar-refractivity contribution in [3.63, 3.8) is 0 Å². The van der Waals surface area contributed by atoms with Crippen molar-refractivity contribution in [2.75, 3.05) is 41.3 Å². The van der Waals surface area contributed by atoms with Crippen LogP contribution in [0.25, 0.3) is 0 Å². The molecule has 1 aromatic heterocycles. The van der Waals surface area contributed by atoms with Gasteiger partial charge in [0.2, 0.25) is 5.95 Å². The predicted molar refractivity (Wildman–Crippen MR) is 111 cm³/mol. The van der Waals surface area contributed by atoms with E-state index in [1.807, 2.05) is 12.1 Å². The summed E-state index contributed by atoms with van der Waals surface area (Å²) in [6, 6.07) is 7.27. The lowest BCUT2D eigenvalue weighted by Crippen LogP contribution is -2.38. The fourth-order valence-electron chi connectivity index (χ4n) is 4.04. The first kappa shape index (κ1) is 22.5. The summed E-state index contributed by atoms with van der Waals surface area (Å²) in [5, 5.41) is 12.8. The molecule has 0 radical (unpaired) electrons. The molecule has 2 aliphatic rings. The van der Waals surface area contributed by atoms with Crippen molar-refractivity contribution in [3.8, 4) is 0 Å². The highest BCUT2D eigenvalue weighted by Crippen LogP contribution is 2.31. The molecule has 1 unspecified atom stereocenters. The number of piperidine rings is 1. The third-order valence-corrected chi connectivity index (χ3v) is 5.60. The van der Waals surface area contributed by atoms with E-state index in [2.05, 4.69) is 20.2 Å². The van der Waals surface area contributed by atoms with Crippen molar-refractivity contribution >= 4 is 23.1 Å². The summed E-state index contributed by atoms with van der Waals surface area (Å²) in [7, 11) is 0. The van der Waals surface area contributed by atoms with E-state index < -0.39 is 24.9 Å². The summed E-state index contributed by atoms with van der Waals surface area (Å²) in [6.45, 7) is 0.677. The number of benzene rings is 1. The number of nitrogens with one attached hydrogen (secondary N) is 1. The first-order chi connectivity index (χ1) is 15.2. The Morgan fingerprint density at radius 2 is 1.72 bits per heavy atom. The average Bonchev–Trinajstić information content (AvgIpc) is 3.07. The Hall–Kier alpha value is -2.69. The molecule has 2 aliphatic heterocycles. The molecule has 3 atom stereocenters. The van der Waals surface area contributed by atoms with Crippen LogP contribution in [0.4, 0.5) is 45.1 Å². The van der Waals surface area contributed by atoms with Crippen LogP contribution in [-0.2, 0) is 6.42 Å². The molecule has 6 nitrogen and oxygen atoms in total. The zero-order chi connectivity index (χ0) is 22.9. The van der Waals surface area contributed by atoms with Gasteiger partial charge >= 0.3 is 6.18 Å². The van der Waals surface area contributed by atoms with E-state index in [0.717, 1.165) is 31.3 Å². The van der Waals surface area contributed by atoms with Gasteiger partial charge in [-0.3, -0.25) is 0 Å². The molecule has 32 heavy (non-hydrogen) atoms. The lowest BCUT2D eigenvalue weighted by molar-refractivity contribution is -0.127. The van der Waals surface area contributed by atoms with E-state index >= 15 is 0 Å². The normalized spacial score (nSPS) is 24.1. The molecule has 2 N–H and O–H groups in total. The Morgan fingerprint density at radius 1 is 1.03 bits per heavy atom. The van der Waals surface area contributed by atoms with Crippen LogP contribution in [0.3, 0.4) is 0 Å². The number of hydrogen-bond donors (Lipinski definition) is 2. The number of aliphatic hydroxyl groups excluding tert-OH is 1. The van der Waals surface area contributed by atoms with Crippen molar-refractivity contribution in [1.29, 1.82) is 0 Å². The highest BCUT2D eigenvalue weighted by atomic mass is 19.4. The topological polar surface area (TPSA) is 64.5 Å². The molecule has 0 saturated carbocycles. The molecule has 0 amide bonds. The van der Waals surface area contributed by atoms with Crippen LogP contribution >= 0.6 is 0 Å². The van der Waals surface area contributed by atoms with Gasteiger partial charge in [0, 0.05) is 36.2 Å². The number of anilines is 4. The van der Waals surface area contributed by atoms with Gasteiger partial charge in [-0.1, -0.05) is 0 Å². The van der Waals surface area contributed by atoms with Gasteiger partial charge in [0.05, 0.1) is 25.6 Å². The first-order valence-electron chi connectivity index (χ1n) is 10.4. The zero-order valence-electron chi connectivity index (χ0n) is 17.2. The molecule has 4 rings (SSSR count). The Balaban J connectivity index is 1.52. The molecular formula is C21H24F5N5O. The maximum absolute atomic E-state index is 13.7. The van der Waals surface area contributed by atoms with Crippen LogP contribution in [0.2, 0.25) is 0 Å². The summed E-state index contributed by atoms with van der Waals surface area (Å²) in [5.41, 5.74) is 1.31. The smallest absolute Gasteiger partial charge is 0.391 e. The highest BCUT2D eigenvalue weighted by Gasteiger charge is 2.37. The largest absolute Gasteiger partial charge is 0.393 e. The van der Waals surface area contributed by atoms with E-state index in [1.165, 1.54) is 4.90 Å². The molecular weight excluding hydrogens is 433 g/mol. The zero-order valence-corrected chi connectivity index (χ0v) is 17.2. The molecule has 174 valence electrons. The minimum absolute atomic E-state index is 0.0322. The van der Waals surface area contributed by atoms with Crippen molar-refractivity contribution in [1.82, 2.24) is 9.97 Å². The molecule has 2 saturated heterocycles. The quantitative estimate of drug-likeness (QED) is 0.667. The van der Waals surface area contributed by atoms with Gasteiger partial charge in [0.25, 0.3) is 0 Å². The molecule has 3 heterocycles. The second kappa shape index (κ2) is 9.05. The SMILES string of the molecule is OC1CCCN(c2ccc(Nc3ncc(CC(F)(F)F)c(N4C[C@H](F)[C@@H](F)C4)n3)cc2)C1. The van der Waals surface area contributed by atoms with Gasteiger partial charge in [0.1, 0.15) is 5.82 Å². The standard InChI is InChI=1S/C21H24F5N5O/c22-17-11-31(12-18(17)23)19-13(8-21(24,25)26)9-27-20(29-19)28-14-3-5-15(6-4-14)30-7-1-2-16(32)10-30/h3-6,9,16-18,32H,1-2,7-8,10-12H2,(H,27,28,29)/t16?,17-,18-/m0/s1. The number of rotatable bonds is 5. The highest BCUT2D eigenvalue weighted by molar-refractivity contribution is 5.61. The monoisotopic (exact) mass is 457 g/mol. The molecule has 2 fully saturated rings. The summed E-state index contributed by atoms with van der Waals surface area (Å²) in [4.78, 5) is 11.4. The molecule has 0 aliphatic carbocycles. The van der Waals surface area contributed by atoms with Crippen molar-refractivity contribution < 1.29 is 27.1 Å². The Labute approximate surface area is 182 Å². The van der Waals surface area contributed by atoms with Crippen LogP contribution in [0.5, 0.6) is 0 Å². The maximum Gasteiger partial charge on any atom is 0.393 e. The van der Waals surface area contributed by atoms with Crippen LogP contribution in [0.1, 0.15) is 18.4 Å². The Morgan fingerprint density at radius 3 is 2.34 bits per heavy atom. The molecule has 1 aromatic carbocycles. The average molecular weight is 457 g/mol.